The lowest BCUT2D eigenvalue weighted by atomic mass is 9.84. The monoisotopic (exact) mass is 477 g/mol. The van der Waals surface area contributed by atoms with Crippen LogP contribution in [0.4, 0.5) is 4.79 Å². The highest BCUT2D eigenvalue weighted by Gasteiger charge is 2.36. The number of hydrogen-bond donors (Lipinski definition) is 1. The first-order valence-electron chi connectivity index (χ1n) is 11.6. The van der Waals surface area contributed by atoms with Gasteiger partial charge in [0.1, 0.15) is 6.23 Å². The van der Waals surface area contributed by atoms with Gasteiger partial charge in [-0.2, -0.15) is 0 Å². The molecule has 0 radical (unpaired) electrons. The Balaban J connectivity index is 1.46. The van der Waals surface area contributed by atoms with Crippen LogP contribution in [0.2, 0.25) is 0 Å². The second-order valence-electron chi connectivity index (χ2n) is 8.27. The number of amides is 1. The van der Waals surface area contributed by atoms with E-state index in [-0.39, 0.29) is 9.99 Å². The third kappa shape index (κ3) is 5.65. The standard InChI is InChI=1S/C28H31NO2S2/c30-26(29-20-22-32-27(29)31)19-11-4-12-21-33-28(23-13-5-1-6-14-23,24-15-7-2-8-16-24)25-17-9-3-10-18-25/h1-3,5-10,13-18,26,30H,4,11-12,19-22H2. The lowest BCUT2D eigenvalue weighted by molar-refractivity contribution is 0.0374. The second-order valence-corrected chi connectivity index (χ2v) is 10.6. The van der Waals surface area contributed by atoms with Crippen molar-refractivity contribution < 1.29 is 9.90 Å². The summed E-state index contributed by atoms with van der Waals surface area (Å²) < 4.78 is -0.275. The minimum Gasteiger partial charge on any atom is -0.373 e. The van der Waals surface area contributed by atoms with Gasteiger partial charge in [0.05, 0.1) is 4.75 Å². The van der Waals surface area contributed by atoms with Crippen LogP contribution in [0.5, 0.6) is 0 Å². The maximum atomic E-state index is 11.8. The predicted octanol–water partition coefficient (Wildman–Crippen LogP) is 6.76. The number of unbranched alkanes of at least 4 members (excludes halogenated alkanes) is 2. The number of rotatable bonds is 11. The number of benzene rings is 3. The minimum absolute atomic E-state index is 0.0106. The average Bonchev–Trinajstić information content (AvgIpc) is 3.31. The number of carbonyl (C=O) groups excluding carboxylic acids is 1. The third-order valence-corrected chi connectivity index (χ3v) is 8.62. The summed E-state index contributed by atoms with van der Waals surface area (Å²) in [6.07, 6.45) is 3.03. The van der Waals surface area contributed by atoms with Crippen molar-refractivity contribution in [2.45, 2.75) is 36.7 Å². The maximum Gasteiger partial charge on any atom is 0.283 e. The van der Waals surface area contributed by atoms with E-state index in [0.717, 1.165) is 30.8 Å². The number of carbonyl (C=O) groups is 1. The van der Waals surface area contributed by atoms with E-state index in [9.17, 15) is 9.90 Å². The molecule has 1 fully saturated rings. The van der Waals surface area contributed by atoms with E-state index in [4.69, 9.17) is 0 Å². The molecule has 0 saturated carbocycles. The second kappa shape index (κ2) is 11.8. The zero-order valence-corrected chi connectivity index (χ0v) is 20.4. The Labute approximate surface area is 205 Å². The Morgan fingerprint density at radius 3 is 1.79 bits per heavy atom. The van der Waals surface area contributed by atoms with E-state index in [1.165, 1.54) is 28.5 Å². The highest BCUT2D eigenvalue weighted by molar-refractivity contribution is 8.13. The molecule has 1 atom stereocenters. The summed E-state index contributed by atoms with van der Waals surface area (Å²) in [5.74, 6) is 1.79. The first-order valence-corrected chi connectivity index (χ1v) is 13.6. The van der Waals surface area contributed by atoms with Crippen molar-refractivity contribution in [3.8, 4) is 0 Å². The Hall–Kier alpha value is -2.21. The SMILES string of the molecule is O=C1SCCN1C(O)CCCCCSC(c1ccccc1)(c1ccccc1)c1ccccc1. The molecule has 33 heavy (non-hydrogen) atoms. The quantitative estimate of drug-likeness (QED) is 0.245. The molecule has 5 heteroatoms. The molecule has 1 aliphatic heterocycles. The molecule has 1 amide bonds. The zero-order chi connectivity index (χ0) is 22.9. The Bertz CT molecular complexity index is 902. The molecule has 1 aliphatic rings. The van der Waals surface area contributed by atoms with Gasteiger partial charge in [0.25, 0.3) is 5.24 Å². The van der Waals surface area contributed by atoms with Gasteiger partial charge < -0.3 is 10.0 Å². The highest BCUT2D eigenvalue weighted by atomic mass is 32.2. The van der Waals surface area contributed by atoms with Crippen LogP contribution in [0, 0.1) is 0 Å². The van der Waals surface area contributed by atoms with Gasteiger partial charge in [0, 0.05) is 12.3 Å². The van der Waals surface area contributed by atoms with Crippen LogP contribution < -0.4 is 0 Å². The van der Waals surface area contributed by atoms with Crippen LogP contribution in [-0.4, -0.2) is 39.5 Å². The summed E-state index contributed by atoms with van der Waals surface area (Å²) >= 11 is 3.28. The van der Waals surface area contributed by atoms with Crippen molar-refractivity contribution in [2.75, 3.05) is 18.1 Å². The van der Waals surface area contributed by atoms with Crippen LogP contribution in [0.15, 0.2) is 91.0 Å². The van der Waals surface area contributed by atoms with Crippen molar-refractivity contribution >= 4 is 28.8 Å². The molecule has 172 valence electrons. The number of aliphatic hydroxyl groups excluding tert-OH is 1. The van der Waals surface area contributed by atoms with E-state index in [1.54, 1.807) is 4.90 Å². The van der Waals surface area contributed by atoms with Gasteiger partial charge in [-0.15, -0.1) is 11.8 Å². The fraction of sp³-hybridized carbons (Fsp3) is 0.321. The molecule has 4 rings (SSSR count). The molecule has 3 aromatic carbocycles. The Morgan fingerprint density at radius 2 is 1.33 bits per heavy atom. The molecule has 0 aliphatic carbocycles. The van der Waals surface area contributed by atoms with Crippen molar-refractivity contribution in [1.29, 1.82) is 0 Å². The Kier molecular flexibility index (Phi) is 8.54. The van der Waals surface area contributed by atoms with Crippen molar-refractivity contribution in [1.82, 2.24) is 4.90 Å². The zero-order valence-electron chi connectivity index (χ0n) is 18.8. The van der Waals surface area contributed by atoms with Crippen LogP contribution in [-0.2, 0) is 4.75 Å². The highest BCUT2D eigenvalue weighted by Crippen LogP contribution is 2.48. The smallest absolute Gasteiger partial charge is 0.283 e. The summed E-state index contributed by atoms with van der Waals surface area (Å²) in [7, 11) is 0. The lowest BCUT2D eigenvalue weighted by Crippen LogP contribution is -2.35. The van der Waals surface area contributed by atoms with Crippen LogP contribution in [0.1, 0.15) is 42.4 Å². The summed E-state index contributed by atoms with van der Waals surface area (Å²) in [5, 5.41) is 10.3. The molecule has 0 bridgehead atoms. The topological polar surface area (TPSA) is 40.5 Å². The van der Waals surface area contributed by atoms with Crippen LogP contribution >= 0.6 is 23.5 Å². The number of nitrogens with zero attached hydrogens (tertiary/aromatic N) is 1. The van der Waals surface area contributed by atoms with Gasteiger partial charge in [0.2, 0.25) is 0 Å². The van der Waals surface area contributed by atoms with Crippen molar-refractivity contribution in [3.63, 3.8) is 0 Å². The van der Waals surface area contributed by atoms with Gasteiger partial charge in [0.15, 0.2) is 0 Å². The molecule has 1 saturated heterocycles. The van der Waals surface area contributed by atoms with Gasteiger partial charge in [-0.1, -0.05) is 109 Å². The normalized spacial score (nSPS) is 15.1. The summed E-state index contributed by atoms with van der Waals surface area (Å²) in [4.78, 5) is 13.4. The largest absolute Gasteiger partial charge is 0.373 e. The molecule has 3 nitrogen and oxygen atoms in total. The first-order chi connectivity index (χ1) is 16.2. The average molecular weight is 478 g/mol. The molecule has 0 spiro atoms. The molecule has 1 N–H and O–H groups in total. The van der Waals surface area contributed by atoms with E-state index in [1.807, 2.05) is 11.8 Å². The Morgan fingerprint density at radius 1 is 0.818 bits per heavy atom. The summed E-state index contributed by atoms with van der Waals surface area (Å²) in [6.45, 7) is 0.661. The third-order valence-electron chi connectivity index (χ3n) is 6.12. The summed E-state index contributed by atoms with van der Waals surface area (Å²) in [6, 6.07) is 32.3. The predicted molar refractivity (Wildman–Crippen MR) is 141 cm³/mol. The van der Waals surface area contributed by atoms with Crippen molar-refractivity contribution in [2.24, 2.45) is 0 Å². The molecule has 0 aromatic heterocycles. The lowest BCUT2D eigenvalue weighted by Gasteiger charge is -2.35. The van der Waals surface area contributed by atoms with E-state index in [2.05, 4.69) is 91.0 Å². The van der Waals surface area contributed by atoms with Crippen molar-refractivity contribution in [3.05, 3.63) is 108 Å². The molecule has 1 heterocycles. The number of thioether (sulfide) groups is 2. The van der Waals surface area contributed by atoms with Gasteiger partial charge in [-0.25, -0.2) is 0 Å². The fourth-order valence-electron chi connectivity index (χ4n) is 4.43. The van der Waals surface area contributed by atoms with Crippen LogP contribution in [0.25, 0.3) is 0 Å². The van der Waals surface area contributed by atoms with Crippen LogP contribution in [0.3, 0.4) is 0 Å². The first kappa shape index (κ1) is 23.9. The molecule has 1 unspecified atom stereocenters. The van der Waals surface area contributed by atoms with E-state index < -0.39 is 6.23 Å². The summed E-state index contributed by atoms with van der Waals surface area (Å²) in [5.41, 5.74) is 3.86. The molecule has 3 aromatic rings. The number of aliphatic hydroxyl groups is 1. The molecular formula is C28H31NO2S2. The molecular weight excluding hydrogens is 446 g/mol. The number of hydrogen-bond acceptors (Lipinski definition) is 4. The maximum absolute atomic E-state index is 11.8. The van der Waals surface area contributed by atoms with E-state index in [0.29, 0.717) is 13.0 Å². The van der Waals surface area contributed by atoms with Gasteiger partial charge >= 0.3 is 0 Å². The van der Waals surface area contributed by atoms with E-state index >= 15 is 0 Å². The van der Waals surface area contributed by atoms with Gasteiger partial charge in [-0.05, 0) is 41.7 Å². The minimum atomic E-state index is -0.641. The fourth-order valence-corrected chi connectivity index (χ4v) is 6.84. The van der Waals surface area contributed by atoms with Gasteiger partial charge in [-0.3, -0.25) is 4.79 Å².